The molecule has 7 heteroatoms. The van der Waals surface area contributed by atoms with Gasteiger partial charge in [0.25, 0.3) is 11.8 Å². The van der Waals surface area contributed by atoms with E-state index in [9.17, 15) is 19.5 Å². The Morgan fingerprint density at radius 2 is 1.69 bits per heavy atom. The summed E-state index contributed by atoms with van der Waals surface area (Å²) in [6.45, 7) is 0.671. The van der Waals surface area contributed by atoms with Crippen molar-refractivity contribution in [1.82, 2.24) is 5.32 Å². The highest BCUT2D eigenvalue weighted by Crippen LogP contribution is 2.12. The SMILES string of the molecule is Cc1ccccc1NC(=O)COC(=O)[C@@H](CO)NC(=O)c1ccccc1. The van der Waals surface area contributed by atoms with Gasteiger partial charge in [0, 0.05) is 11.3 Å². The fraction of sp³-hybridized carbons (Fsp3) is 0.211. The monoisotopic (exact) mass is 356 g/mol. The van der Waals surface area contributed by atoms with Gasteiger partial charge in [-0.05, 0) is 30.7 Å². The van der Waals surface area contributed by atoms with Crippen molar-refractivity contribution in [2.75, 3.05) is 18.5 Å². The molecule has 0 fully saturated rings. The summed E-state index contributed by atoms with van der Waals surface area (Å²) in [6.07, 6.45) is 0. The highest BCUT2D eigenvalue weighted by Gasteiger charge is 2.23. The third-order valence-corrected chi connectivity index (χ3v) is 3.57. The van der Waals surface area contributed by atoms with Crippen LogP contribution in [0.3, 0.4) is 0 Å². The number of esters is 1. The van der Waals surface area contributed by atoms with Crippen LogP contribution in [-0.4, -0.2) is 42.1 Å². The van der Waals surface area contributed by atoms with Crippen LogP contribution in [0.15, 0.2) is 54.6 Å². The predicted molar refractivity (Wildman–Crippen MR) is 95.5 cm³/mol. The lowest BCUT2D eigenvalue weighted by molar-refractivity contribution is -0.150. The van der Waals surface area contributed by atoms with Crippen LogP contribution in [0.1, 0.15) is 15.9 Å². The zero-order chi connectivity index (χ0) is 18.9. The van der Waals surface area contributed by atoms with Gasteiger partial charge in [-0.2, -0.15) is 0 Å². The molecule has 0 aliphatic heterocycles. The second-order valence-corrected chi connectivity index (χ2v) is 5.55. The van der Waals surface area contributed by atoms with Crippen LogP contribution in [0.5, 0.6) is 0 Å². The van der Waals surface area contributed by atoms with Crippen molar-refractivity contribution in [2.45, 2.75) is 13.0 Å². The summed E-state index contributed by atoms with van der Waals surface area (Å²) in [7, 11) is 0. The second kappa shape index (κ2) is 9.33. The van der Waals surface area contributed by atoms with Crippen LogP contribution in [0.2, 0.25) is 0 Å². The van der Waals surface area contributed by atoms with Crippen LogP contribution in [0.4, 0.5) is 5.69 Å². The number of carbonyl (C=O) groups excluding carboxylic acids is 3. The molecule has 0 heterocycles. The molecular weight excluding hydrogens is 336 g/mol. The highest BCUT2D eigenvalue weighted by molar-refractivity contribution is 5.97. The number of para-hydroxylation sites is 1. The van der Waals surface area contributed by atoms with E-state index in [0.717, 1.165) is 5.56 Å². The van der Waals surface area contributed by atoms with E-state index in [2.05, 4.69) is 10.6 Å². The lowest BCUT2D eigenvalue weighted by atomic mass is 10.2. The minimum atomic E-state index is -1.26. The number of aliphatic hydroxyl groups is 1. The molecule has 2 rings (SSSR count). The minimum absolute atomic E-state index is 0.344. The molecule has 0 saturated heterocycles. The quantitative estimate of drug-likeness (QED) is 0.648. The van der Waals surface area contributed by atoms with Gasteiger partial charge in [0.15, 0.2) is 12.6 Å². The number of ether oxygens (including phenoxy) is 1. The zero-order valence-corrected chi connectivity index (χ0v) is 14.3. The Balaban J connectivity index is 1.86. The van der Waals surface area contributed by atoms with E-state index in [4.69, 9.17) is 4.74 Å². The number of anilines is 1. The maximum atomic E-state index is 12.0. The van der Waals surface area contributed by atoms with Gasteiger partial charge < -0.3 is 20.5 Å². The fourth-order valence-corrected chi connectivity index (χ4v) is 2.15. The standard InChI is InChI=1S/C19H20N2O5/c1-13-7-5-6-10-15(13)20-17(23)12-26-19(25)16(11-22)21-18(24)14-8-3-2-4-9-14/h2-10,16,22H,11-12H2,1H3,(H,20,23)(H,21,24)/t16-/m1/s1. The molecule has 0 aliphatic carbocycles. The smallest absolute Gasteiger partial charge is 0.331 e. The molecule has 3 N–H and O–H groups in total. The number of carbonyl (C=O) groups is 3. The van der Waals surface area contributed by atoms with Crippen molar-refractivity contribution in [2.24, 2.45) is 0 Å². The van der Waals surface area contributed by atoms with Gasteiger partial charge in [0.1, 0.15) is 0 Å². The van der Waals surface area contributed by atoms with Crippen LogP contribution in [0.25, 0.3) is 0 Å². The van der Waals surface area contributed by atoms with Gasteiger partial charge in [-0.1, -0.05) is 36.4 Å². The number of aryl methyl sites for hydroxylation is 1. The summed E-state index contributed by atoms with van der Waals surface area (Å²) in [5, 5.41) is 14.3. The van der Waals surface area contributed by atoms with Crippen molar-refractivity contribution in [3.05, 3.63) is 65.7 Å². The van der Waals surface area contributed by atoms with E-state index in [-0.39, 0.29) is 0 Å². The van der Waals surface area contributed by atoms with Crippen molar-refractivity contribution in [3.8, 4) is 0 Å². The van der Waals surface area contributed by atoms with Gasteiger partial charge in [-0.3, -0.25) is 9.59 Å². The Labute approximate surface area is 151 Å². The molecule has 1 atom stereocenters. The van der Waals surface area contributed by atoms with E-state index in [0.29, 0.717) is 11.3 Å². The number of hydrogen-bond donors (Lipinski definition) is 3. The van der Waals surface area contributed by atoms with Gasteiger partial charge >= 0.3 is 5.97 Å². The molecule has 26 heavy (non-hydrogen) atoms. The van der Waals surface area contributed by atoms with Crippen LogP contribution >= 0.6 is 0 Å². The molecule has 0 saturated carbocycles. The first-order valence-corrected chi connectivity index (χ1v) is 8.00. The zero-order valence-electron chi connectivity index (χ0n) is 14.3. The Bertz CT molecular complexity index is 777. The Kier molecular flexibility index (Phi) is 6.87. The molecule has 2 aromatic rings. The summed E-state index contributed by atoms with van der Waals surface area (Å²) in [4.78, 5) is 35.9. The summed E-state index contributed by atoms with van der Waals surface area (Å²) in [6, 6.07) is 14.2. The van der Waals surface area contributed by atoms with Crippen molar-refractivity contribution in [1.29, 1.82) is 0 Å². The highest BCUT2D eigenvalue weighted by atomic mass is 16.5. The van der Waals surface area contributed by atoms with Crippen LogP contribution in [0, 0.1) is 6.92 Å². The van der Waals surface area contributed by atoms with Crippen LogP contribution in [-0.2, 0) is 14.3 Å². The maximum Gasteiger partial charge on any atom is 0.331 e. The first-order valence-electron chi connectivity index (χ1n) is 8.00. The number of rotatable bonds is 7. The molecule has 0 aromatic heterocycles. The van der Waals surface area contributed by atoms with Crippen molar-refractivity contribution >= 4 is 23.5 Å². The summed E-state index contributed by atoms with van der Waals surface area (Å²) < 4.78 is 4.88. The molecule has 0 bridgehead atoms. The average molecular weight is 356 g/mol. The second-order valence-electron chi connectivity index (χ2n) is 5.55. The Morgan fingerprint density at radius 3 is 2.35 bits per heavy atom. The molecule has 0 aliphatic rings. The van der Waals surface area contributed by atoms with E-state index in [1.54, 1.807) is 42.5 Å². The molecule has 0 spiro atoms. The predicted octanol–water partition coefficient (Wildman–Crippen LogP) is 1.27. The molecule has 136 valence electrons. The van der Waals surface area contributed by atoms with Gasteiger partial charge in [0.05, 0.1) is 6.61 Å². The molecule has 2 aromatic carbocycles. The number of aliphatic hydroxyl groups excluding tert-OH is 1. The van der Waals surface area contributed by atoms with E-state index >= 15 is 0 Å². The Hall–Kier alpha value is -3.19. The van der Waals surface area contributed by atoms with Gasteiger partial charge in [-0.25, -0.2) is 4.79 Å². The average Bonchev–Trinajstić information content (AvgIpc) is 2.66. The summed E-state index contributed by atoms with van der Waals surface area (Å²) in [5.41, 5.74) is 1.83. The minimum Gasteiger partial charge on any atom is -0.454 e. The van der Waals surface area contributed by atoms with Crippen molar-refractivity contribution < 1.29 is 24.2 Å². The summed E-state index contributed by atoms with van der Waals surface area (Å²) >= 11 is 0. The number of amides is 2. The fourth-order valence-electron chi connectivity index (χ4n) is 2.15. The molecule has 0 radical (unpaired) electrons. The first-order chi connectivity index (χ1) is 12.5. The maximum absolute atomic E-state index is 12.0. The lowest BCUT2D eigenvalue weighted by Gasteiger charge is -2.15. The van der Waals surface area contributed by atoms with Gasteiger partial charge in [0.2, 0.25) is 0 Å². The summed E-state index contributed by atoms with van der Waals surface area (Å²) in [5.74, 6) is -1.93. The number of hydrogen-bond acceptors (Lipinski definition) is 5. The number of benzene rings is 2. The molecule has 2 amide bonds. The first kappa shape index (κ1) is 19.1. The van der Waals surface area contributed by atoms with E-state index < -0.39 is 37.0 Å². The Morgan fingerprint density at radius 1 is 1.04 bits per heavy atom. The van der Waals surface area contributed by atoms with Crippen LogP contribution < -0.4 is 10.6 Å². The van der Waals surface area contributed by atoms with E-state index in [1.165, 1.54) is 0 Å². The molecule has 7 nitrogen and oxygen atoms in total. The van der Waals surface area contributed by atoms with Crippen molar-refractivity contribution in [3.63, 3.8) is 0 Å². The number of nitrogens with one attached hydrogen (secondary N) is 2. The third-order valence-electron chi connectivity index (χ3n) is 3.57. The largest absolute Gasteiger partial charge is 0.454 e. The molecule has 0 unspecified atom stereocenters. The van der Waals surface area contributed by atoms with Gasteiger partial charge in [-0.15, -0.1) is 0 Å². The third kappa shape index (κ3) is 5.42. The molecular formula is C19H20N2O5. The van der Waals surface area contributed by atoms with E-state index in [1.807, 2.05) is 19.1 Å². The topological polar surface area (TPSA) is 105 Å². The lowest BCUT2D eigenvalue weighted by Crippen LogP contribution is -2.45. The normalized spacial score (nSPS) is 11.3.